The van der Waals surface area contributed by atoms with E-state index >= 15 is 0 Å². The molecule has 0 bridgehead atoms. The van der Waals surface area contributed by atoms with Gasteiger partial charge in [-0.2, -0.15) is 8.78 Å². The van der Waals surface area contributed by atoms with Crippen molar-refractivity contribution >= 4 is 17.5 Å². The molecule has 0 radical (unpaired) electrons. The standard InChI is InChI=1S/C21H23ClF3N3O2/c22-18-2-1-3-19(23)17(18)13-27-8-10-28(11-9-27)14-20(29)26-12-15-4-6-16(7-5-15)30-21(24)25/h1-7,21H,8-14H2,(H,26,29). The summed E-state index contributed by atoms with van der Waals surface area (Å²) in [4.78, 5) is 16.4. The molecule has 1 fully saturated rings. The van der Waals surface area contributed by atoms with Crippen molar-refractivity contribution in [3.8, 4) is 5.75 Å². The van der Waals surface area contributed by atoms with Crippen LogP contribution in [-0.2, 0) is 17.9 Å². The van der Waals surface area contributed by atoms with Crippen LogP contribution in [0.15, 0.2) is 42.5 Å². The number of benzene rings is 2. The predicted octanol–water partition coefficient (Wildman–Crippen LogP) is 3.51. The van der Waals surface area contributed by atoms with Crippen molar-refractivity contribution in [1.29, 1.82) is 0 Å². The maximum absolute atomic E-state index is 13.9. The molecule has 1 saturated heterocycles. The van der Waals surface area contributed by atoms with Gasteiger partial charge in [0.2, 0.25) is 5.91 Å². The van der Waals surface area contributed by atoms with Crippen LogP contribution in [0.2, 0.25) is 5.02 Å². The van der Waals surface area contributed by atoms with Crippen molar-refractivity contribution in [3.63, 3.8) is 0 Å². The van der Waals surface area contributed by atoms with Gasteiger partial charge in [-0.05, 0) is 29.8 Å². The van der Waals surface area contributed by atoms with Gasteiger partial charge in [-0.25, -0.2) is 4.39 Å². The summed E-state index contributed by atoms with van der Waals surface area (Å²) in [6.07, 6.45) is 0. The molecule has 30 heavy (non-hydrogen) atoms. The third-order valence-electron chi connectivity index (χ3n) is 4.91. The van der Waals surface area contributed by atoms with Crippen molar-refractivity contribution < 1.29 is 22.7 Å². The van der Waals surface area contributed by atoms with Crippen LogP contribution in [0.1, 0.15) is 11.1 Å². The van der Waals surface area contributed by atoms with Crippen LogP contribution in [0.5, 0.6) is 5.75 Å². The van der Waals surface area contributed by atoms with Gasteiger partial charge in [0.15, 0.2) is 0 Å². The van der Waals surface area contributed by atoms with Gasteiger partial charge >= 0.3 is 6.61 Å². The topological polar surface area (TPSA) is 44.8 Å². The number of hydrogen-bond donors (Lipinski definition) is 1. The summed E-state index contributed by atoms with van der Waals surface area (Å²) in [5.74, 6) is -0.346. The summed E-state index contributed by atoms with van der Waals surface area (Å²) in [5.41, 5.74) is 1.28. The lowest BCUT2D eigenvalue weighted by molar-refractivity contribution is -0.122. The molecular formula is C21H23ClF3N3O2. The van der Waals surface area contributed by atoms with Crippen molar-refractivity contribution in [2.24, 2.45) is 0 Å². The van der Waals surface area contributed by atoms with E-state index < -0.39 is 6.61 Å². The highest BCUT2D eigenvalue weighted by Gasteiger charge is 2.20. The molecule has 0 aliphatic carbocycles. The van der Waals surface area contributed by atoms with E-state index in [-0.39, 0.29) is 24.0 Å². The lowest BCUT2D eigenvalue weighted by atomic mass is 10.2. The molecular weight excluding hydrogens is 419 g/mol. The zero-order chi connectivity index (χ0) is 21.5. The molecule has 0 saturated carbocycles. The second kappa shape index (κ2) is 10.7. The first-order valence-electron chi connectivity index (χ1n) is 9.59. The smallest absolute Gasteiger partial charge is 0.387 e. The summed E-state index contributed by atoms with van der Waals surface area (Å²) in [6, 6.07) is 10.8. The zero-order valence-electron chi connectivity index (χ0n) is 16.3. The molecule has 2 aromatic rings. The number of carbonyl (C=O) groups is 1. The Hall–Kier alpha value is -2.29. The third-order valence-corrected chi connectivity index (χ3v) is 5.27. The molecule has 1 aliphatic rings. The SMILES string of the molecule is O=C(CN1CCN(Cc2c(F)cccc2Cl)CC1)NCc1ccc(OC(F)F)cc1. The number of nitrogens with one attached hydrogen (secondary N) is 1. The van der Waals surface area contributed by atoms with E-state index in [9.17, 15) is 18.0 Å². The quantitative estimate of drug-likeness (QED) is 0.681. The maximum Gasteiger partial charge on any atom is 0.387 e. The van der Waals surface area contributed by atoms with E-state index in [1.165, 1.54) is 18.2 Å². The highest BCUT2D eigenvalue weighted by atomic mass is 35.5. The minimum absolute atomic E-state index is 0.0784. The lowest BCUT2D eigenvalue weighted by Gasteiger charge is -2.34. The molecule has 0 aromatic heterocycles. The second-order valence-corrected chi connectivity index (χ2v) is 7.46. The first kappa shape index (κ1) is 22.4. The van der Waals surface area contributed by atoms with Gasteiger partial charge in [-0.3, -0.25) is 14.6 Å². The Morgan fingerprint density at radius 3 is 2.37 bits per heavy atom. The van der Waals surface area contributed by atoms with Crippen molar-refractivity contribution in [3.05, 3.63) is 64.4 Å². The van der Waals surface area contributed by atoms with E-state index in [1.54, 1.807) is 24.3 Å². The van der Waals surface area contributed by atoms with Crippen LogP contribution in [0.4, 0.5) is 13.2 Å². The maximum atomic E-state index is 13.9. The summed E-state index contributed by atoms with van der Waals surface area (Å²) in [6.45, 7) is 0.961. The van der Waals surface area contributed by atoms with E-state index in [4.69, 9.17) is 11.6 Å². The molecule has 0 unspecified atom stereocenters. The fourth-order valence-electron chi connectivity index (χ4n) is 3.26. The Kier molecular flexibility index (Phi) is 7.95. The number of carbonyl (C=O) groups excluding carboxylic acids is 1. The highest BCUT2D eigenvalue weighted by Crippen LogP contribution is 2.21. The fraction of sp³-hybridized carbons (Fsp3) is 0.381. The van der Waals surface area contributed by atoms with E-state index in [2.05, 4.69) is 15.0 Å². The molecule has 3 rings (SSSR count). The van der Waals surface area contributed by atoms with Crippen molar-refractivity contribution in [2.45, 2.75) is 19.7 Å². The van der Waals surface area contributed by atoms with Crippen LogP contribution >= 0.6 is 11.6 Å². The van der Waals surface area contributed by atoms with Gasteiger partial charge in [0.1, 0.15) is 11.6 Å². The predicted molar refractivity (Wildman–Crippen MR) is 108 cm³/mol. The average molecular weight is 442 g/mol. The number of hydrogen-bond acceptors (Lipinski definition) is 4. The molecule has 162 valence electrons. The van der Waals surface area contributed by atoms with Crippen LogP contribution in [-0.4, -0.2) is 55.0 Å². The second-order valence-electron chi connectivity index (χ2n) is 7.05. The van der Waals surface area contributed by atoms with Crippen molar-refractivity contribution in [2.75, 3.05) is 32.7 Å². The van der Waals surface area contributed by atoms with Gasteiger partial charge in [0.25, 0.3) is 0 Å². The molecule has 1 amide bonds. The average Bonchev–Trinajstić information content (AvgIpc) is 2.71. The Balaban J connectivity index is 1.39. The van der Waals surface area contributed by atoms with Gasteiger partial charge < -0.3 is 10.1 Å². The third kappa shape index (κ3) is 6.62. The van der Waals surface area contributed by atoms with Crippen molar-refractivity contribution in [1.82, 2.24) is 15.1 Å². The molecule has 2 aromatic carbocycles. The Bertz CT molecular complexity index is 824. The molecule has 1 aliphatic heterocycles. The Morgan fingerprint density at radius 1 is 1.07 bits per heavy atom. The van der Waals surface area contributed by atoms with Gasteiger partial charge in [-0.15, -0.1) is 0 Å². The van der Waals surface area contributed by atoms with E-state index in [0.717, 1.165) is 5.56 Å². The molecule has 5 nitrogen and oxygen atoms in total. The van der Waals surface area contributed by atoms with Crippen LogP contribution < -0.4 is 10.1 Å². The minimum Gasteiger partial charge on any atom is -0.435 e. The van der Waals surface area contributed by atoms with Gasteiger partial charge in [-0.1, -0.05) is 29.8 Å². The summed E-state index contributed by atoms with van der Waals surface area (Å²) < 4.78 is 42.6. The number of halogens is 4. The first-order valence-corrected chi connectivity index (χ1v) is 9.96. The number of rotatable bonds is 8. The Morgan fingerprint density at radius 2 is 1.73 bits per heavy atom. The summed E-state index contributed by atoms with van der Waals surface area (Å²) >= 11 is 6.09. The van der Waals surface area contributed by atoms with Crippen LogP contribution in [0.3, 0.4) is 0 Å². The molecule has 1 N–H and O–H groups in total. The highest BCUT2D eigenvalue weighted by molar-refractivity contribution is 6.31. The lowest BCUT2D eigenvalue weighted by Crippen LogP contribution is -2.49. The van der Waals surface area contributed by atoms with E-state index in [0.29, 0.717) is 49.9 Å². The largest absolute Gasteiger partial charge is 0.435 e. The number of piperazine rings is 1. The van der Waals surface area contributed by atoms with Gasteiger partial charge in [0, 0.05) is 49.9 Å². The molecule has 9 heteroatoms. The number of alkyl halides is 2. The number of amides is 1. The number of ether oxygens (including phenoxy) is 1. The Labute approximate surface area is 178 Å². The monoisotopic (exact) mass is 441 g/mol. The summed E-state index contributed by atoms with van der Waals surface area (Å²) in [5, 5.41) is 3.24. The molecule has 0 atom stereocenters. The van der Waals surface area contributed by atoms with Gasteiger partial charge in [0.05, 0.1) is 6.54 Å². The van der Waals surface area contributed by atoms with Crippen LogP contribution in [0, 0.1) is 5.82 Å². The minimum atomic E-state index is -2.86. The number of nitrogens with zero attached hydrogens (tertiary/aromatic N) is 2. The summed E-state index contributed by atoms with van der Waals surface area (Å²) in [7, 11) is 0. The molecule has 1 heterocycles. The molecule has 0 spiro atoms. The normalized spacial score (nSPS) is 15.4. The van der Waals surface area contributed by atoms with Crippen LogP contribution in [0.25, 0.3) is 0 Å². The fourth-order valence-corrected chi connectivity index (χ4v) is 3.48. The first-order chi connectivity index (χ1) is 14.4. The van der Waals surface area contributed by atoms with E-state index in [1.807, 2.05) is 4.90 Å². The zero-order valence-corrected chi connectivity index (χ0v) is 17.0.